The number of phenolic OH excluding ortho intramolecular Hbond substituents is 1. The smallest absolute Gasteiger partial charge is 0.251 e. The van der Waals surface area contributed by atoms with Crippen LogP contribution >= 0.6 is 0 Å². The fraction of sp³-hybridized carbons (Fsp3) is 0.364. The molecule has 1 aromatic carbocycles. The molecule has 2 heterocycles. The lowest BCUT2D eigenvalue weighted by atomic mass is 9.85. The molecule has 0 saturated carbocycles. The summed E-state index contributed by atoms with van der Waals surface area (Å²) in [5.41, 5.74) is 3.35. The number of phenols is 1. The van der Waals surface area contributed by atoms with E-state index in [0.29, 0.717) is 35.2 Å². The first-order valence-electron chi connectivity index (χ1n) is 9.20. The number of pyridine rings is 1. The Morgan fingerprint density at radius 2 is 1.93 bits per heavy atom. The molecule has 1 aliphatic heterocycles. The first-order valence-corrected chi connectivity index (χ1v) is 9.20. The number of aromatic hydroxyl groups is 1. The van der Waals surface area contributed by atoms with Crippen molar-refractivity contribution in [1.82, 2.24) is 10.3 Å². The van der Waals surface area contributed by atoms with E-state index in [1.165, 1.54) is 0 Å². The molecule has 142 valence electrons. The van der Waals surface area contributed by atoms with Crippen LogP contribution in [-0.2, 0) is 10.2 Å². The average Bonchev–Trinajstić information content (AvgIpc) is 3.00. The predicted octanol–water partition coefficient (Wildman–Crippen LogP) is 3.40. The van der Waals surface area contributed by atoms with Crippen LogP contribution in [-0.4, -0.2) is 22.0 Å². The molecule has 0 radical (unpaired) electrons. The Labute approximate surface area is 159 Å². The van der Waals surface area contributed by atoms with Gasteiger partial charge in [0.15, 0.2) is 0 Å². The number of carbonyl (C=O) groups is 1. The van der Waals surface area contributed by atoms with Crippen LogP contribution in [0, 0.1) is 6.92 Å². The number of rotatable bonds is 3. The third-order valence-electron chi connectivity index (χ3n) is 4.95. The molecule has 1 aliphatic rings. The monoisotopic (exact) mass is 366 g/mol. The molecule has 1 saturated heterocycles. The van der Waals surface area contributed by atoms with Gasteiger partial charge >= 0.3 is 0 Å². The number of H-pyrrole nitrogens is 1. The number of aryl methyl sites for hydroxylation is 1. The minimum atomic E-state index is -0.167. The molecular formula is C22H26N2O3. The third-order valence-corrected chi connectivity index (χ3v) is 4.95. The maximum atomic E-state index is 12.1. The van der Waals surface area contributed by atoms with Gasteiger partial charge in [0.25, 0.3) is 5.56 Å². The Morgan fingerprint density at radius 3 is 2.48 bits per heavy atom. The largest absolute Gasteiger partial charge is 0.507 e. The Hall–Kier alpha value is -2.82. The summed E-state index contributed by atoms with van der Waals surface area (Å²) in [4.78, 5) is 26.6. The Kier molecular flexibility index (Phi) is 4.96. The Bertz CT molecular complexity index is 964. The second-order valence-corrected chi connectivity index (χ2v) is 8.16. The van der Waals surface area contributed by atoms with Crippen LogP contribution in [0.2, 0.25) is 0 Å². The summed E-state index contributed by atoms with van der Waals surface area (Å²) in [6, 6.07) is 9.09. The van der Waals surface area contributed by atoms with Crippen molar-refractivity contribution in [1.29, 1.82) is 0 Å². The highest BCUT2D eigenvalue weighted by molar-refractivity contribution is 5.84. The Morgan fingerprint density at radius 1 is 1.19 bits per heavy atom. The number of benzene rings is 1. The van der Waals surface area contributed by atoms with Crippen LogP contribution in [0.3, 0.4) is 0 Å². The number of amides is 1. The van der Waals surface area contributed by atoms with E-state index in [4.69, 9.17) is 0 Å². The topological polar surface area (TPSA) is 82.2 Å². The van der Waals surface area contributed by atoms with Crippen LogP contribution in [0.1, 0.15) is 56.0 Å². The molecule has 0 bridgehead atoms. The lowest BCUT2D eigenvalue weighted by Crippen LogP contribution is -2.23. The van der Waals surface area contributed by atoms with E-state index in [1.54, 1.807) is 19.1 Å². The molecule has 2 aromatic rings. The minimum Gasteiger partial charge on any atom is -0.507 e. The number of nitrogens with one attached hydrogen (secondary N) is 2. The van der Waals surface area contributed by atoms with Gasteiger partial charge < -0.3 is 15.4 Å². The average molecular weight is 366 g/mol. The van der Waals surface area contributed by atoms with E-state index in [1.807, 2.05) is 24.3 Å². The third kappa shape index (κ3) is 4.13. The quantitative estimate of drug-likeness (QED) is 0.779. The molecule has 1 amide bonds. The zero-order valence-electron chi connectivity index (χ0n) is 16.2. The number of aromatic nitrogens is 1. The van der Waals surface area contributed by atoms with Crippen LogP contribution in [0.25, 0.3) is 5.57 Å². The molecule has 1 atom stereocenters. The van der Waals surface area contributed by atoms with Crippen LogP contribution in [0.5, 0.6) is 5.75 Å². The summed E-state index contributed by atoms with van der Waals surface area (Å²) in [5.74, 6) is 0.166. The molecule has 0 aliphatic carbocycles. The second kappa shape index (κ2) is 7.06. The number of aromatic amines is 1. The fourth-order valence-corrected chi connectivity index (χ4v) is 3.22. The van der Waals surface area contributed by atoms with Gasteiger partial charge in [0.2, 0.25) is 5.91 Å². The van der Waals surface area contributed by atoms with Gasteiger partial charge in [-0.2, -0.15) is 0 Å². The van der Waals surface area contributed by atoms with E-state index in [9.17, 15) is 14.7 Å². The molecule has 5 heteroatoms. The van der Waals surface area contributed by atoms with Crippen molar-refractivity contribution in [3.63, 3.8) is 0 Å². The SMILES string of the molecule is Cc1ccc(/C(=C/[C@H]2CCC(=O)N2)c2ccc(C(C)(C)C)cc2O)[nH]c1=O. The van der Waals surface area contributed by atoms with E-state index in [-0.39, 0.29) is 28.7 Å². The molecule has 1 aromatic heterocycles. The minimum absolute atomic E-state index is 0.0142. The molecule has 3 rings (SSSR count). The predicted molar refractivity (Wildman–Crippen MR) is 107 cm³/mol. The molecule has 5 nitrogen and oxygen atoms in total. The second-order valence-electron chi connectivity index (χ2n) is 8.16. The summed E-state index contributed by atoms with van der Waals surface area (Å²) in [7, 11) is 0. The summed E-state index contributed by atoms with van der Waals surface area (Å²) < 4.78 is 0. The molecule has 3 N–H and O–H groups in total. The summed E-state index contributed by atoms with van der Waals surface area (Å²) in [5, 5.41) is 13.6. The molecular weight excluding hydrogens is 340 g/mol. The van der Waals surface area contributed by atoms with Crippen LogP contribution < -0.4 is 10.9 Å². The molecule has 1 fully saturated rings. The number of hydrogen-bond donors (Lipinski definition) is 3. The van der Waals surface area contributed by atoms with Crippen LogP contribution in [0.15, 0.2) is 41.2 Å². The highest BCUT2D eigenvalue weighted by Gasteiger charge is 2.22. The number of carbonyl (C=O) groups excluding carboxylic acids is 1. The van der Waals surface area contributed by atoms with E-state index < -0.39 is 0 Å². The van der Waals surface area contributed by atoms with Gasteiger partial charge in [-0.3, -0.25) is 9.59 Å². The molecule has 0 unspecified atom stereocenters. The molecule has 27 heavy (non-hydrogen) atoms. The van der Waals surface area contributed by atoms with Crippen molar-refractivity contribution in [2.75, 3.05) is 0 Å². The highest BCUT2D eigenvalue weighted by atomic mass is 16.3. The van der Waals surface area contributed by atoms with Gasteiger partial charge in [0, 0.05) is 34.9 Å². The lowest BCUT2D eigenvalue weighted by Gasteiger charge is -2.21. The van der Waals surface area contributed by atoms with Crippen molar-refractivity contribution in [3.8, 4) is 5.75 Å². The van der Waals surface area contributed by atoms with Crippen molar-refractivity contribution in [3.05, 3.63) is 69.1 Å². The normalized spacial score (nSPS) is 17.9. The van der Waals surface area contributed by atoms with Gasteiger partial charge in [0.05, 0.1) is 0 Å². The standard InChI is InChI=1S/C22H26N2O3/c1-13-5-9-18(24-21(13)27)17(12-15-7-10-20(26)23-15)16-8-6-14(11-19(16)25)22(2,3)4/h5-6,8-9,11-12,15,25H,7,10H2,1-4H3,(H,23,26)(H,24,27)/b17-12+/t15-/m1/s1. The first-order chi connectivity index (χ1) is 12.6. The highest BCUT2D eigenvalue weighted by Crippen LogP contribution is 2.34. The van der Waals surface area contributed by atoms with Crippen LogP contribution in [0.4, 0.5) is 0 Å². The summed E-state index contributed by atoms with van der Waals surface area (Å²) in [6.07, 6.45) is 3.09. The van der Waals surface area contributed by atoms with Gasteiger partial charge in [-0.15, -0.1) is 0 Å². The van der Waals surface area contributed by atoms with Crippen molar-refractivity contribution in [2.24, 2.45) is 0 Å². The van der Waals surface area contributed by atoms with E-state index >= 15 is 0 Å². The maximum Gasteiger partial charge on any atom is 0.251 e. The van der Waals surface area contributed by atoms with Gasteiger partial charge in [-0.1, -0.05) is 45.0 Å². The van der Waals surface area contributed by atoms with Gasteiger partial charge in [-0.05, 0) is 36.5 Å². The van der Waals surface area contributed by atoms with Gasteiger partial charge in [-0.25, -0.2) is 0 Å². The lowest BCUT2D eigenvalue weighted by molar-refractivity contribution is -0.119. The van der Waals surface area contributed by atoms with Gasteiger partial charge in [0.1, 0.15) is 5.75 Å². The van der Waals surface area contributed by atoms with E-state index in [0.717, 1.165) is 5.56 Å². The van der Waals surface area contributed by atoms with E-state index in [2.05, 4.69) is 31.1 Å². The van der Waals surface area contributed by atoms with Crippen molar-refractivity contribution < 1.29 is 9.90 Å². The zero-order valence-corrected chi connectivity index (χ0v) is 16.2. The first kappa shape index (κ1) is 19.0. The van der Waals surface area contributed by atoms with Crippen molar-refractivity contribution >= 4 is 11.5 Å². The Balaban J connectivity index is 2.12. The summed E-state index contributed by atoms with van der Waals surface area (Å²) in [6.45, 7) is 8.01. The fourth-order valence-electron chi connectivity index (χ4n) is 3.22. The maximum absolute atomic E-state index is 12.1. The van der Waals surface area contributed by atoms with Crippen molar-refractivity contribution in [2.45, 2.75) is 52.0 Å². The summed E-state index contributed by atoms with van der Waals surface area (Å²) >= 11 is 0. The number of hydrogen-bond acceptors (Lipinski definition) is 3. The molecule has 0 spiro atoms. The zero-order chi connectivity index (χ0) is 19.8.